The lowest BCUT2D eigenvalue weighted by Crippen LogP contribution is -2.17. The molecule has 112 valence electrons. The number of rotatable bonds is 6. The van der Waals surface area contributed by atoms with E-state index in [1.807, 2.05) is 6.92 Å². The Balaban J connectivity index is 2.23. The summed E-state index contributed by atoms with van der Waals surface area (Å²) in [7, 11) is 0. The SMILES string of the molecule is CCC(CC(=O)O)n1nnnc1Cc1ccc(C)c(C)c1. The van der Waals surface area contributed by atoms with Crippen LogP contribution >= 0.6 is 0 Å². The Labute approximate surface area is 123 Å². The van der Waals surface area contributed by atoms with E-state index in [1.165, 1.54) is 11.1 Å². The number of aromatic nitrogens is 4. The summed E-state index contributed by atoms with van der Waals surface area (Å²) in [5.74, 6) is -0.138. The molecular formula is C15H20N4O2. The zero-order valence-electron chi connectivity index (χ0n) is 12.6. The molecule has 0 amide bonds. The third-order valence-electron chi connectivity index (χ3n) is 3.72. The Morgan fingerprint density at radius 3 is 2.71 bits per heavy atom. The van der Waals surface area contributed by atoms with Crippen molar-refractivity contribution in [3.8, 4) is 0 Å². The molecular weight excluding hydrogens is 268 g/mol. The molecule has 0 bridgehead atoms. The first kappa shape index (κ1) is 15.2. The number of nitrogens with zero attached hydrogens (tertiary/aromatic N) is 4. The van der Waals surface area contributed by atoms with Crippen LogP contribution < -0.4 is 0 Å². The molecule has 0 aliphatic rings. The van der Waals surface area contributed by atoms with Crippen molar-refractivity contribution >= 4 is 5.97 Å². The van der Waals surface area contributed by atoms with Gasteiger partial charge in [-0.15, -0.1) is 5.10 Å². The summed E-state index contributed by atoms with van der Waals surface area (Å²) in [5, 5.41) is 20.7. The summed E-state index contributed by atoms with van der Waals surface area (Å²) in [5.41, 5.74) is 3.60. The molecule has 0 radical (unpaired) electrons. The van der Waals surface area contributed by atoms with Crippen molar-refractivity contribution in [1.29, 1.82) is 0 Å². The number of aliphatic carboxylic acids is 1. The van der Waals surface area contributed by atoms with Crippen LogP contribution in [0.3, 0.4) is 0 Å². The van der Waals surface area contributed by atoms with Gasteiger partial charge in [-0.25, -0.2) is 4.68 Å². The van der Waals surface area contributed by atoms with Gasteiger partial charge in [0.05, 0.1) is 12.5 Å². The van der Waals surface area contributed by atoms with Crippen LogP contribution in [0, 0.1) is 13.8 Å². The second-order valence-corrected chi connectivity index (χ2v) is 5.30. The summed E-state index contributed by atoms with van der Waals surface area (Å²) in [4.78, 5) is 10.9. The summed E-state index contributed by atoms with van der Waals surface area (Å²) in [6.07, 6.45) is 1.31. The maximum Gasteiger partial charge on any atom is 0.305 e. The highest BCUT2D eigenvalue weighted by Crippen LogP contribution is 2.18. The highest BCUT2D eigenvalue weighted by Gasteiger charge is 2.19. The molecule has 1 atom stereocenters. The van der Waals surface area contributed by atoms with Gasteiger partial charge in [0.1, 0.15) is 0 Å². The molecule has 1 heterocycles. The van der Waals surface area contributed by atoms with E-state index in [0.717, 1.165) is 5.56 Å². The number of tetrazole rings is 1. The molecule has 1 aromatic heterocycles. The zero-order valence-corrected chi connectivity index (χ0v) is 12.6. The third-order valence-corrected chi connectivity index (χ3v) is 3.72. The average molecular weight is 288 g/mol. The predicted molar refractivity (Wildman–Crippen MR) is 78.1 cm³/mol. The van der Waals surface area contributed by atoms with Crippen molar-refractivity contribution in [2.24, 2.45) is 0 Å². The zero-order chi connectivity index (χ0) is 15.4. The van der Waals surface area contributed by atoms with Gasteiger partial charge in [-0.1, -0.05) is 25.1 Å². The number of carboxylic acid groups (broad SMARTS) is 1. The first-order chi connectivity index (χ1) is 10.0. The highest BCUT2D eigenvalue weighted by molar-refractivity contribution is 5.67. The minimum atomic E-state index is -0.838. The fraction of sp³-hybridized carbons (Fsp3) is 0.467. The molecule has 0 aliphatic heterocycles. The average Bonchev–Trinajstić information content (AvgIpc) is 2.88. The van der Waals surface area contributed by atoms with E-state index in [1.54, 1.807) is 4.68 Å². The van der Waals surface area contributed by atoms with Gasteiger partial charge in [-0.2, -0.15) is 0 Å². The summed E-state index contributed by atoms with van der Waals surface area (Å²) >= 11 is 0. The lowest BCUT2D eigenvalue weighted by Gasteiger charge is -2.14. The van der Waals surface area contributed by atoms with Crippen molar-refractivity contribution in [1.82, 2.24) is 20.2 Å². The number of hydrogen-bond acceptors (Lipinski definition) is 4. The van der Waals surface area contributed by atoms with Gasteiger partial charge in [0.2, 0.25) is 0 Å². The lowest BCUT2D eigenvalue weighted by atomic mass is 10.0. The molecule has 2 aromatic rings. The standard InChI is InChI=1S/C15H20N4O2/c1-4-13(9-15(20)21)19-14(16-17-18-19)8-12-6-5-10(2)11(3)7-12/h5-7,13H,4,8-9H2,1-3H3,(H,20,21). The molecule has 0 saturated carbocycles. The van der Waals surface area contributed by atoms with Crippen molar-refractivity contribution < 1.29 is 9.90 Å². The van der Waals surface area contributed by atoms with Gasteiger partial charge in [-0.3, -0.25) is 4.79 Å². The summed E-state index contributed by atoms with van der Waals surface area (Å²) < 4.78 is 1.64. The van der Waals surface area contributed by atoms with Crippen molar-refractivity contribution in [2.45, 2.75) is 46.1 Å². The molecule has 0 aliphatic carbocycles. The highest BCUT2D eigenvalue weighted by atomic mass is 16.4. The quantitative estimate of drug-likeness (QED) is 0.882. The van der Waals surface area contributed by atoms with Crippen LogP contribution in [0.1, 0.15) is 48.3 Å². The second-order valence-electron chi connectivity index (χ2n) is 5.30. The van der Waals surface area contributed by atoms with Gasteiger partial charge in [0.25, 0.3) is 0 Å². The van der Waals surface area contributed by atoms with Gasteiger partial charge in [0, 0.05) is 6.42 Å². The first-order valence-corrected chi connectivity index (χ1v) is 7.06. The molecule has 1 aromatic carbocycles. The van der Waals surface area contributed by atoms with Crippen LogP contribution in [0.25, 0.3) is 0 Å². The van der Waals surface area contributed by atoms with E-state index in [0.29, 0.717) is 18.7 Å². The van der Waals surface area contributed by atoms with Crippen LogP contribution in [0.5, 0.6) is 0 Å². The molecule has 6 heteroatoms. The number of hydrogen-bond donors (Lipinski definition) is 1. The van der Waals surface area contributed by atoms with Crippen LogP contribution in [-0.2, 0) is 11.2 Å². The molecule has 2 rings (SSSR count). The largest absolute Gasteiger partial charge is 0.481 e. The molecule has 1 unspecified atom stereocenters. The van der Waals surface area contributed by atoms with Crippen LogP contribution in [0.15, 0.2) is 18.2 Å². The number of carboxylic acids is 1. The van der Waals surface area contributed by atoms with Crippen molar-refractivity contribution in [3.05, 3.63) is 40.7 Å². The van der Waals surface area contributed by atoms with E-state index in [-0.39, 0.29) is 12.5 Å². The summed E-state index contributed by atoms with van der Waals surface area (Å²) in [6.45, 7) is 6.08. The van der Waals surface area contributed by atoms with E-state index in [4.69, 9.17) is 5.11 Å². The molecule has 0 fully saturated rings. The van der Waals surface area contributed by atoms with Crippen LogP contribution in [0.2, 0.25) is 0 Å². The Morgan fingerprint density at radius 2 is 2.10 bits per heavy atom. The van der Waals surface area contributed by atoms with Gasteiger partial charge >= 0.3 is 5.97 Å². The Morgan fingerprint density at radius 1 is 1.33 bits per heavy atom. The van der Waals surface area contributed by atoms with Crippen LogP contribution in [-0.4, -0.2) is 31.3 Å². The third kappa shape index (κ3) is 3.65. The molecule has 6 nitrogen and oxygen atoms in total. The maximum absolute atomic E-state index is 10.9. The van der Waals surface area contributed by atoms with Crippen LogP contribution in [0.4, 0.5) is 0 Å². The predicted octanol–water partition coefficient (Wildman–Crippen LogP) is 2.31. The fourth-order valence-electron chi connectivity index (χ4n) is 2.31. The Hall–Kier alpha value is -2.24. The second kappa shape index (κ2) is 6.47. The fourth-order valence-corrected chi connectivity index (χ4v) is 2.31. The number of aryl methyl sites for hydroxylation is 2. The molecule has 1 N–H and O–H groups in total. The van der Waals surface area contributed by atoms with Gasteiger partial charge < -0.3 is 5.11 Å². The van der Waals surface area contributed by atoms with Crippen molar-refractivity contribution in [2.75, 3.05) is 0 Å². The normalized spacial score (nSPS) is 12.3. The lowest BCUT2D eigenvalue weighted by molar-refractivity contribution is -0.138. The Kier molecular flexibility index (Phi) is 4.67. The summed E-state index contributed by atoms with van der Waals surface area (Å²) in [6, 6.07) is 6.04. The number of benzene rings is 1. The minimum Gasteiger partial charge on any atom is -0.481 e. The molecule has 0 saturated heterocycles. The van der Waals surface area contributed by atoms with E-state index < -0.39 is 5.97 Å². The molecule has 0 spiro atoms. The topological polar surface area (TPSA) is 80.9 Å². The van der Waals surface area contributed by atoms with Gasteiger partial charge in [0.15, 0.2) is 5.82 Å². The van der Waals surface area contributed by atoms with Gasteiger partial charge in [-0.05, 0) is 47.4 Å². The maximum atomic E-state index is 10.9. The minimum absolute atomic E-state index is 0.0292. The molecule has 21 heavy (non-hydrogen) atoms. The van der Waals surface area contributed by atoms with E-state index in [9.17, 15) is 4.79 Å². The van der Waals surface area contributed by atoms with Crippen molar-refractivity contribution in [3.63, 3.8) is 0 Å². The van der Waals surface area contributed by atoms with E-state index >= 15 is 0 Å². The number of carbonyl (C=O) groups is 1. The monoisotopic (exact) mass is 288 g/mol. The first-order valence-electron chi connectivity index (χ1n) is 7.06. The Bertz CT molecular complexity index is 636. The smallest absolute Gasteiger partial charge is 0.305 e. The van der Waals surface area contributed by atoms with E-state index in [2.05, 4.69) is 47.6 Å².